The van der Waals surface area contributed by atoms with Crippen LogP contribution in [0.2, 0.25) is 0 Å². The Morgan fingerprint density at radius 1 is 1.32 bits per heavy atom. The normalized spacial score (nSPS) is 23.3. The summed E-state index contributed by atoms with van der Waals surface area (Å²) in [7, 11) is 0. The van der Waals surface area contributed by atoms with Crippen molar-refractivity contribution >= 4 is 43.6 Å². The molecule has 19 heavy (non-hydrogen) atoms. The molecular weight excluding hydrogens is 376 g/mol. The Kier molecular flexibility index (Phi) is 4.86. The van der Waals surface area contributed by atoms with E-state index < -0.39 is 0 Å². The molecule has 1 fully saturated rings. The predicted octanol–water partition coefficient (Wildman–Crippen LogP) is 3.85. The Balaban J connectivity index is 2.06. The largest absolute Gasteiger partial charge is 0.372 e. The van der Waals surface area contributed by atoms with Crippen LogP contribution in [0.1, 0.15) is 13.8 Å². The van der Waals surface area contributed by atoms with Gasteiger partial charge in [0.25, 0.3) is 0 Å². The molecule has 104 valence electrons. The first kappa shape index (κ1) is 14.8. The van der Waals surface area contributed by atoms with Crippen molar-refractivity contribution in [3.05, 3.63) is 27.1 Å². The van der Waals surface area contributed by atoms with E-state index in [0.717, 1.165) is 14.6 Å². The van der Waals surface area contributed by atoms with Crippen LogP contribution in [-0.4, -0.2) is 36.2 Å². The lowest BCUT2D eigenvalue weighted by Crippen LogP contribution is -2.49. The number of hydrogen-bond acceptors (Lipinski definition) is 2. The van der Waals surface area contributed by atoms with Gasteiger partial charge in [0.15, 0.2) is 0 Å². The number of rotatable bonds is 1. The average molecular weight is 392 g/mol. The highest BCUT2D eigenvalue weighted by Crippen LogP contribution is 2.26. The molecule has 2 amide bonds. The number of amides is 2. The SMILES string of the molecule is C[C@@H]1CN(C(=O)Nc2cc(Br)ccc2Br)C[C@H](C)O1. The summed E-state index contributed by atoms with van der Waals surface area (Å²) in [4.78, 5) is 14.0. The van der Waals surface area contributed by atoms with Crippen LogP contribution < -0.4 is 5.32 Å². The zero-order chi connectivity index (χ0) is 14.0. The maximum absolute atomic E-state index is 12.2. The molecule has 1 aromatic carbocycles. The summed E-state index contributed by atoms with van der Waals surface area (Å²) in [6.45, 7) is 5.18. The smallest absolute Gasteiger partial charge is 0.322 e. The molecule has 2 atom stereocenters. The monoisotopic (exact) mass is 390 g/mol. The third-order valence-corrected chi connectivity index (χ3v) is 4.06. The topological polar surface area (TPSA) is 41.6 Å². The minimum Gasteiger partial charge on any atom is -0.372 e. The zero-order valence-electron chi connectivity index (χ0n) is 10.8. The van der Waals surface area contributed by atoms with Crippen molar-refractivity contribution in [1.82, 2.24) is 4.90 Å². The van der Waals surface area contributed by atoms with Crippen molar-refractivity contribution in [2.45, 2.75) is 26.1 Å². The zero-order valence-corrected chi connectivity index (χ0v) is 14.0. The van der Waals surface area contributed by atoms with E-state index in [1.54, 1.807) is 4.90 Å². The van der Waals surface area contributed by atoms with Gasteiger partial charge in [0.2, 0.25) is 0 Å². The first-order chi connectivity index (χ1) is 8.95. The van der Waals surface area contributed by atoms with E-state index in [1.807, 2.05) is 32.0 Å². The van der Waals surface area contributed by atoms with E-state index in [0.29, 0.717) is 13.1 Å². The van der Waals surface area contributed by atoms with Gasteiger partial charge in [-0.15, -0.1) is 0 Å². The Labute approximate surface area is 129 Å². The number of ether oxygens (including phenoxy) is 1. The molecule has 1 aromatic rings. The van der Waals surface area contributed by atoms with Crippen molar-refractivity contribution in [3.8, 4) is 0 Å². The van der Waals surface area contributed by atoms with Crippen LogP contribution in [0, 0.1) is 0 Å². The number of nitrogens with zero attached hydrogens (tertiary/aromatic N) is 1. The van der Waals surface area contributed by atoms with Gasteiger partial charge in [-0.1, -0.05) is 15.9 Å². The highest BCUT2D eigenvalue weighted by atomic mass is 79.9. The van der Waals surface area contributed by atoms with E-state index in [9.17, 15) is 4.79 Å². The quantitative estimate of drug-likeness (QED) is 0.789. The summed E-state index contributed by atoms with van der Waals surface area (Å²) in [6.07, 6.45) is 0.140. The number of benzene rings is 1. The number of halogens is 2. The molecule has 0 aromatic heterocycles. The number of morpholine rings is 1. The molecule has 0 unspecified atom stereocenters. The van der Waals surface area contributed by atoms with Crippen LogP contribution in [0.4, 0.5) is 10.5 Å². The van der Waals surface area contributed by atoms with Crippen molar-refractivity contribution in [1.29, 1.82) is 0 Å². The standard InChI is InChI=1S/C13H16Br2N2O2/c1-8-6-17(7-9(2)19-8)13(18)16-12-5-10(14)3-4-11(12)15/h3-5,8-9H,6-7H2,1-2H3,(H,16,18)/t8-,9+. The van der Waals surface area contributed by atoms with Crippen molar-refractivity contribution < 1.29 is 9.53 Å². The molecule has 1 aliphatic rings. The molecular formula is C13H16Br2N2O2. The average Bonchev–Trinajstić information content (AvgIpc) is 2.32. The van der Waals surface area contributed by atoms with Crippen LogP contribution in [0.5, 0.6) is 0 Å². The number of anilines is 1. The fourth-order valence-corrected chi connectivity index (χ4v) is 2.84. The van der Waals surface area contributed by atoms with Crippen molar-refractivity contribution in [3.63, 3.8) is 0 Å². The Morgan fingerprint density at radius 2 is 1.95 bits per heavy atom. The lowest BCUT2D eigenvalue weighted by atomic mass is 10.2. The molecule has 0 saturated carbocycles. The van der Waals surface area contributed by atoms with Gasteiger partial charge in [-0.05, 0) is 48.0 Å². The van der Waals surface area contributed by atoms with Crippen LogP contribution >= 0.6 is 31.9 Å². The van der Waals surface area contributed by atoms with Gasteiger partial charge in [0.05, 0.1) is 17.9 Å². The third kappa shape index (κ3) is 3.94. The molecule has 4 nitrogen and oxygen atoms in total. The first-order valence-corrected chi connectivity index (χ1v) is 7.70. The van der Waals surface area contributed by atoms with E-state index in [4.69, 9.17) is 4.74 Å². The lowest BCUT2D eigenvalue weighted by molar-refractivity contribution is -0.0530. The maximum atomic E-state index is 12.2. The van der Waals surface area contributed by atoms with Crippen LogP contribution in [0.25, 0.3) is 0 Å². The molecule has 1 heterocycles. The number of hydrogen-bond donors (Lipinski definition) is 1. The van der Waals surface area contributed by atoms with Gasteiger partial charge in [-0.25, -0.2) is 4.79 Å². The fraction of sp³-hybridized carbons (Fsp3) is 0.462. The molecule has 1 saturated heterocycles. The molecule has 0 aliphatic carbocycles. The van der Waals surface area contributed by atoms with Gasteiger partial charge in [0, 0.05) is 22.0 Å². The highest BCUT2D eigenvalue weighted by molar-refractivity contribution is 9.11. The third-order valence-electron chi connectivity index (χ3n) is 2.88. The minimum absolute atomic E-state index is 0.0699. The van der Waals surface area contributed by atoms with E-state index >= 15 is 0 Å². The van der Waals surface area contributed by atoms with Crippen LogP contribution in [-0.2, 0) is 4.74 Å². The number of carbonyl (C=O) groups excluding carboxylic acids is 1. The molecule has 1 aliphatic heterocycles. The lowest BCUT2D eigenvalue weighted by Gasteiger charge is -2.35. The molecule has 2 rings (SSSR count). The maximum Gasteiger partial charge on any atom is 0.322 e. The van der Waals surface area contributed by atoms with Gasteiger partial charge in [-0.2, -0.15) is 0 Å². The summed E-state index contributed by atoms with van der Waals surface area (Å²) in [5.41, 5.74) is 0.756. The van der Waals surface area contributed by atoms with Gasteiger partial charge in [-0.3, -0.25) is 0 Å². The Hall–Kier alpha value is -0.590. The van der Waals surface area contributed by atoms with E-state index in [-0.39, 0.29) is 18.2 Å². The minimum atomic E-state index is -0.0965. The fourth-order valence-electron chi connectivity index (χ4n) is 2.13. The predicted molar refractivity (Wildman–Crippen MR) is 82.4 cm³/mol. The summed E-state index contributed by atoms with van der Waals surface area (Å²) in [6, 6.07) is 5.58. The second-order valence-electron chi connectivity index (χ2n) is 4.72. The number of urea groups is 1. The second kappa shape index (κ2) is 6.24. The van der Waals surface area contributed by atoms with Gasteiger partial charge in [0.1, 0.15) is 0 Å². The van der Waals surface area contributed by atoms with Gasteiger partial charge >= 0.3 is 6.03 Å². The molecule has 0 bridgehead atoms. The highest BCUT2D eigenvalue weighted by Gasteiger charge is 2.26. The summed E-state index contributed by atoms with van der Waals surface area (Å²) in [5.74, 6) is 0. The summed E-state index contributed by atoms with van der Waals surface area (Å²) >= 11 is 6.82. The second-order valence-corrected chi connectivity index (χ2v) is 6.49. The van der Waals surface area contributed by atoms with Gasteiger partial charge < -0.3 is 15.0 Å². The summed E-state index contributed by atoms with van der Waals surface area (Å²) in [5, 5.41) is 2.92. The van der Waals surface area contributed by atoms with E-state index in [2.05, 4.69) is 37.2 Å². The number of nitrogens with one attached hydrogen (secondary N) is 1. The van der Waals surface area contributed by atoms with Crippen LogP contribution in [0.3, 0.4) is 0 Å². The molecule has 0 radical (unpaired) electrons. The van der Waals surface area contributed by atoms with Crippen LogP contribution in [0.15, 0.2) is 27.1 Å². The molecule has 6 heteroatoms. The summed E-state index contributed by atoms with van der Waals surface area (Å²) < 4.78 is 7.41. The molecule has 0 spiro atoms. The Bertz CT molecular complexity index is 472. The van der Waals surface area contributed by atoms with Crippen molar-refractivity contribution in [2.24, 2.45) is 0 Å². The first-order valence-electron chi connectivity index (χ1n) is 6.12. The Morgan fingerprint density at radius 3 is 2.58 bits per heavy atom. The molecule has 1 N–H and O–H groups in total. The number of carbonyl (C=O) groups is 1. The van der Waals surface area contributed by atoms with Crippen molar-refractivity contribution in [2.75, 3.05) is 18.4 Å². The van der Waals surface area contributed by atoms with E-state index in [1.165, 1.54) is 0 Å².